The van der Waals surface area contributed by atoms with Gasteiger partial charge in [-0.2, -0.15) is 0 Å². The third-order valence-corrected chi connectivity index (χ3v) is 10.5. The van der Waals surface area contributed by atoms with Gasteiger partial charge < -0.3 is 18.8 Å². The van der Waals surface area contributed by atoms with Gasteiger partial charge in [-0.3, -0.25) is 0 Å². The predicted octanol–water partition coefficient (Wildman–Crippen LogP) is 10.2. The minimum absolute atomic E-state index is 0.00779. The lowest BCUT2D eigenvalue weighted by Crippen LogP contribution is -2.32. The van der Waals surface area contributed by atoms with Gasteiger partial charge in [0.25, 0.3) is 0 Å². The van der Waals surface area contributed by atoms with E-state index in [-0.39, 0.29) is 24.2 Å². The van der Waals surface area contributed by atoms with Crippen LogP contribution in [0.25, 0.3) is 0 Å². The summed E-state index contributed by atoms with van der Waals surface area (Å²) in [6, 6.07) is 39.0. The van der Waals surface area contributed by atoms with E-state index in [1.807, 2.05) is 64.4 Å². The number of hydrogen-bond acceptors (Lipinski definition) is 4. The van der Waals surface area contributed by atoms with Crippen molar-refractivity contribution in [3.63, 3.8) is 0 Å². The van der Waals surface area contributed by atoms with Crippen LogP contribution in [-0.4, -0.2) is 15.8 Å². The van der Waals surface area contributed by atoms with Gasteiger partial charge in [0.05, 0.1) is 12.1 Å². The number of carbonyl (C=O) groups excluding carboxylic acids is 1. The van der Waals surface area contributed by atoms with Gasteiger partial charge in [-0.25, -0.2) is 9.88 Å². The number of nitrogens with one attached hydrogen (secondary N) is 1. The van der Waals surface area contributed by atoms with Crippen molar-refractivity contribution in [1.82, 2.24) is 14.9 Å². The zero-order valence-corrected chi connectivity index (χ0v) is 29.1. The molecule has 2 amide bonds. The summed E-state index contributed by atoms with van der Waals surface area (Å²) < 4.78 is 13.6. The van der Waals surface area contributed by atoms with Crippen molar-refractivity contribution in [1.29, 1.82) is 0 Å². The van der Waals surface area contributed by atoms with Crippen LogP contribution >= 0.6 is 8.53 Å². The van der Waals surface area contributed by atoms with Crippen LogP contribution in [0.2, 0.25) is 0 Å². The van der Waals surface area contributed by atoms with Crippen LogP contribution in [0.1, 0.15) is 75.1 Å². The van der Waals surface area contributed by atoms with E-state index in [1.54, 1.807) is 0 Å². The topological polar surface area (TPSA) is 54.0 Å². The summed E-state index contributed by atoms with van der Waals surface area (Å²) in [5.41, 5.74) is 10.0. The average molecular weight is 656 g/mol. The number of fused-ring (bicyclic) bond motifs is 5. The smallest absolute Gasteiger partial charge is 0.382 e. The van der Waals surface area contributed by atoms with Crippen molar-refractivity contribution in [2.45, 2.75) is 65.8 Å². The highest BCUT2D eigenvalue weighted by atomic mass is 31.2. The molecule has 0 aromatic heterocycles. The Morgan fingerprint density at radius 3 is 1.50 bits per heavy atom. The van der Waals surface area contributed by atoms with Gasteiger partial charge in [0.1, 0.15) is 11.5 Å². The second-order valence-electron chi connectivity index (χ2n) is 13.2. The van der Waals surface area contributed by atoms with Crippen molar-refractivity contribution in [3.05, 3.63) is 165 Å². The van der Waals surface area contributed by atoms with E-state index in [1.165, 1.54) is 22.3 Å². The van der Waals surface area contributed by atoms with Gasteiger partial charge in [0.15, 0.2) is 0 Å². The molecule has 0 bridgehead atoms. The molecule has 2 aliphatic heterocycles. The van der Waals surface area contributed by atoms with Crippen LogP contribution in [0.4, 0.5) is 4.79 Å². The molecule has 244 valence electrons. The summed E-state index contributed by atoms with van der Waals surface area (Å²) in [6.45, 7) is 11.5. The molecule has 7 rings (SSSR count). The number of nitrogens with zero attached hydrogens (tertiary/aromatic N) is 2. The number of carbonyl (C=O) groups is 1. The zero-order valence-electron chi connectivity index (χ0n) is 28.2. The molecule has 0 unspecified atom stereocenters. The maximum Gasteiger partial charge on any atom is 0.382 e. The number of urea groups is 1. The van der Waals surface area contributed by atoms with E-state index < -0.39 is 8.53 Å². The van der Waals surface area contributed by atoms with Gasteiger partial charge >= 0.3 is 14.6 Å². The van der Waals surface area contributed by atoms with Crippen LogP contribution in [0.3, 0.4) is 0 Å². The lowest BCUT2D eigenvalue weighted by atomic mass is 9.91. The maximum atomic E-state index is 14.9. The highest BCUT2D eigenvalue weighted by molar-refractivity contribution is 7.45. The van der Waals surface area contributed by atoms with E-state index in [9.17, 15) is 4.79 Å². The molecular formula is C41H42N3O3P. The molecule has 1 N–H and O–H groups in total. The Kier molecular flexibility index (Phi) is 8.96. The molecule has 2 aliphatic rings. The van der Waals surface area contributed by atoms with Crippen LogP contribution in [0, 0.1) is 27.7 Å². The van der Waals surface area contributed by atoms with E-state index in [0.717, 1.165) is 27.8 Å². The first kappa shape index (κ1) is 31.9. The van der Waals surface area contributed by atoms with Crippen LogP contribution in [0.5, 0.6) is 11.5 Å². The molecule has 0 spiro atoms. The molecule has 1 saturated heterocycles. The summed E-state index contributed by atoms with van der Waals surface area (Å²) >= 11 is 0. The fraction of sp³-hybridized carbons (Fsp3) is 0.244. The molecule has 5 aromatic carbocycles. The summed E-state index contributed by atoms with van der Waals surface area (Å²) in [7, 11) is -1.61. The summed E-state index contributed by atoms with van der Waals surface area (Å²) in [4.78, 5) is 19.0. The summed E-state index contributed by atoms with van der Waals surface area (Å²) in [6.07, 6.45) is 0. The Labute approximate surface area is 285 Å². The first-order valence-electron chi connectivity index (χ1n) is 16.6. The number of aryl methyl sites for hydroxylation is 4. The molecule has 3 atom stereocenters. The van der Waals surface area contributed by atoms with Crippen molar-refractivity contribution in [3.8, 4) is 11.5 Å². The fourth-order valence-electron chi connectivity index (χ4n) is 7.31. The predicted molar refractivity (Wildman–Crippen MR) is 193 cm³/mol. The number of benzene rings is 5. The minimum Gasteiger partial charge on any atom is -0.427 e. The van der Waals surface area contributed by atoms with Crippen molar-refractivity contribution < 1.29 is 13.8 Å². The van der Waals surface area contributed by atoms with Crippen LogP contribution < -0.4 is 14.1 Å². The second kappa shape index (κ2) is 13.5. The largest absolute Gasteiger partial charge is 0.427 e. The van der Waals surface area contributed by atoms with Crippen molar-refractivity contribution in [2.24, 2.45) is 0 Å². The molecule has 5 aromatic rings. The maximum absolute atomic E-state index is 14.9. The lowest BCUT2D eigenvalue weighted by Gasteiger charge is -2.30. The van der Waals surface area contributed by atoms with Gasteiger partial charge in [-0.1, -0.05) is 125 Å². The molecule has 48 heavy (non-hydrogen) atoms. The number of amides is 2. The monoisotopic (exact) mass is 655 g/mol. The summed E-state index contributed by atoms with van der Waals surface area (Å²) in [5.74, 6) is 1.43. The van der Waals surface area contributed by atoms with E-state index in [4.69, 9.17) is 9.05 Å². The molecule has 7 heteroatoms. The van der Waals surface area contributed by atoms with Crippen molar-refractivity contribution >= 4 is 14.6 Å². The van der Waals surface area contributed by atoms with Gasteiger partial charge in [0.2, 0.25) is 0 Å². The van der Waals surface area contributed by atoms with Crippen LogP contribution in [0.15, 0.2) is 115 Å². The molecule has 0 saturated carbocycles. The Hall–Kier alpha value is -4.64. The number of hydrogen-bond donors (Lipinski definition) is 1. The molecule has 1 fully saturated rings. The zero-order chi connectivity index (χ0) is 33.4. The highest BCUT2D eigenvalue weighted by Crippen LogP contribution is 2.55. The Morgan fingerprint density at radius 2 is 1.04 bits per heavy atom. The number of rotatable bonds is 7. The van der Waals surface area contributed by atoms with Crippen molar-refractivity contribution in [2.75, 3.05) is 0 Å². The van der Waals surface area contributed by atoms with E-state index in [0.29, 0.717) is 24.6 Å². The second-order valence-corrected chi connectivity index (χ2v) is 14.3. The van der Waals surface area contributed by atoms with Crippen LogP contribution in [-0.2, 0) is 13.1 Å². The van der Waals surface area contributed by atoms with Gasteiger partial charge in [0, 0.05) is 30.3 Å². The third-order valence-electron chi connectivity index (χ3n) is 9.17. The first-order chi connectivity index (χ1) is 23.2. The average Bonchev–Trinajstić information content (AvgIpc) is 3.33. The SMILES string of the molecule is Cc1cc(C)cc(CN2C(=O)N(Cc3cc(C)cc(C)c3)[C@H]3c4ccccc4OP(N[C@@H](C)c4ccccc4)Oc4ccccc4[C@@H]32)c1. The van der Waals surface area contributed by atoms with E-state index >= 15 is 0 Å². The third kappa shape index (κ3) is 6.56. The standard InChI is InChI=1S/C41H42N3O3P/c1-27-19-28(2)22-32(21-27)25-43-39-35-15-9-11-17-37(35)46-48(42-31(5)34-13-7-6-8-14-34)47-38-18-12-10-16-36(38)40(39)44(41(43)45)26-33-23-29(3)20-30(4)24-33/h6-24,31,39-40,42H,25-26H2,1-5H3/t31-,39-,40-/m0/s1. The first-order valence-corrected chi connectivity index (χ1v) is 17.8. The fourth-order valence-corrected chi connectivity index (χ4v) is 8.60. The molecule has 0 radical (unpaired) electrons. The normalized spacial score (nSPS) is 18.1. The summed E-state index contributed by atoms with van der Waals surface area (Å²) in [5, 5.41) is 3.64. The van der Waals surface area contributed by atoms with Gasteiger partial charge in [-0.05, 0) is 63.4 Å². The Morgan fingerprint density at radius 1 is 0.625 bits per heavy atom. The number of para-hydroxylation sites is 2. The van der Waals surface area contributed by atoms with Gasteiger partial charge in [-0.15, -0.1) is 0 Å². The Balaban J connectivity index is 1.38. The Bertz CT molecular complexity index is 1790. The lowest BCUT2D eigenvalue weighted by molar-refractivity contribution is 0.180. The molecule has 0 aliphatic carbocycles. The molecule has 2 heterocycles. The quantitative estimate of drug-likeness (QED) is 0.177. The molecular weight excluding hydrogens is 613 g/mol. The molecule has 6 nitrogen and oxygen atoms in total. The highest BCUT2D eigenvalue weighted by Gasteiger charge is 2.50. The van der Waals surface area contributed by atoms with E-state index in [2.05, 4.69) is 100 Å². The minimum atomic E-state index is -1.61.